The largest absolute Gasteiger partial charge is 0.478 e. The molecule has 2 N–H and O–H groups in total. The first-order valence-electron chi connectivity index (χ1n) is 8.12. The third kappa shape index (κ3) is 3.61. The molecule has 1 spiro atoms. The normalized spacial score (nSPS) is 23.6. The summed E-state index contributed by atoms with van der Waals surface area (Å²) in [5, 5.41) is 11.8. The number of carboxylic acids is 1. The Bertz CT molecular complexity index is 740. The first kappa shape index (κ1) is 17.0. The zero-order valence-electron chi connectivity index (χ0n) is 13.3. The highest BCUT2D eigenvalue weighted by Gasteiger charge is 2.59. The van der Waals surface area contributed by atoms with E-state index in [0.29, 0.717) is 25.8 Å². The molecule has 1 heterocycles. The number of hydrogen-bond donors (Lipinski definition) is 2. The van der Waals surface area contributed by atoms with Crippen LogP contribution in [0.1, 0.15) is 35.2 Å². The molecule has 1 aromatic carbocycles. The molecule has 1 aliphatic heterocycles. The predicted molar refractivity (Wildman–Crippen MR) is 88.5 cm³/mol. The second-order valence-electron chi connectivity index (χ2n) is 6.81. The maximum atomic E-state index is 12.2. The molecule has 130 valence electrons. The Hall–Kier alpha value is -1.89. The molecule has 1 saturated heterocycles. The number of carbonyl (C=O) groups excluding carboxylic acids is 1. The summed E-state index contributed by atoms with van der Waals surface area (Å²) >= 11 is 0. The Morgan fingerprint density at radius 1 is 1.17 bits per heavy atom. The summed E-state index contributed by atoms with van der Waals surface area (Å²) in [6.07, 6.45) is 2.63. The molecule has 2 fully saturated rings. The topological polar surface area (TPSA) is 101 Å². The minimum atomic E-state index is -2.90. The van der Waals surface area contributed by atoms with Crippen molar-refractivity contribution in [3.05, 3.63) is 35.4 Å². The van der Waals surface area contributed by atoms with Crippen LogP contribution in [0.25, 0.3) is 0 Å². The fraction of sp³-hybridized carbons (Fsp3) is 0.529. The van der Waals surface area contributed by atoms with Crippen LogP contribution >= 0.6 is 0 Å². The lowest BCUT2D eigenvalue weighted by Gasteiger charge is -2.22. The Balaban J connectivity index is 1.45. The van der Waals surface area contributed by atoms with Crippen molar-refractivity contribution in [3.8, 4) is 0 Å². The summed E-state index contributed by atoms with van der Waals surface area (Å²) in [4.78, 5) is 23.0. The van der Waals surface area contributed by atoms with Gasteiger partial charge in [0.1, 0.15) is 9.84 Å². The lowest BCUT2D eigenvalue weighted by atomic mass is 9.96. The van der Waals surface area contributed by atoms with Crippen LogP contribution in [-0.2, 0) is 21.1 Å². The molecule has 0 bridgehead atoms. The molecule has 24 heavy (non-hydrogen) atoms. The van der Waals surface area contributed by atoms with E-state index < -0.39 is 15.8 Å². The van der Waals surface area contributed by atoms with Crippen LogP contribution in [0.15, 0.2) is 24.3 Å². The summed E-state index contributed by atoms with van der Waals surface area (Å²) in [5.74, 6) is -0.596. The Morgan fingerprint density at radius 3 is 2.38 bits per heavy atom. The zero-order chi connectivity index (χ0) is 17.4. The van der Waals surface area contributed by atoms with Gasteiger partial charge in [-0.15, -0.1) is 0 Å². The molecule has 0 aromatic heterocycles. The van der Waals surface area contributed by atoms with Gasteiger partial charge in [0, 0.05) is 12.5 Å². The van der Waals surface area contributed by atoms with Gasteiger partial charge in [-0.1, -0.05) is 12.1 Å². The number of hydrogen-bond acceptors (Lipinski definition) is 4. The van der Waals surface area contributed by atoms with E-state index in [-0.39, 0.29) is 34.3 Å². The van der Waals surface area contributed by atoms with Crippen LogP contribution in [0, 0.1) is 11.3 Å². The van der Waals surface area contributed by atoms with Crippen molar-refractivity contribution < 1.29 is 23.1 Å². The van der Waals surface area contributed by atoms with Crippen LogP contribution in [0.3, 0.4) is 0 Å². The lowest BCUT2D eigenvalue weighted by molar-refractivity contribution is -0.123. The molecule has 0 radical (unpaired) electrons. The Kier molecular flexibility index (Phi) is 4.38. The fourth-order valence-electron chi connectivity index (χ4n) is 3.48. The van der Waals surface area contributed by atoms with Crippen molar-refractivity contribution in [3.63, 3.8) is 0 Å². The highest BCUT2D eigenvalue weighted by molar-refractivity contribution is 7.91. The monoisotopic (exact) mass is 351 g/mol. The van der Waals surface area contributed by atoms with Crippen LogP contribution in [0.4, 0.5) is 0 Å². The van der Waals surface area contributed by atoms with E-state index in [1.807, 2.05) is 0 Å². The van der Waals surface area contributed by atoms with E-state index in [1.54, 1.807) is 24.3 Å². The van der Waals surface area contributed by atoms with Gasteiger partial charge in [0.25, 0.3) is 0 Å². The van der Waals surface area contributed by atoms with Crippen molar-refractivity contribution in [2.75, 3.05) is 18.1 Å². The zero-order valence-corrected chi connectivity index (χ0v) is 14.1. The van der Waals surface area contributed by atoms with Gasteiger partial charge in [-0.2, -0.15) is 0 Å². The first-order valence-corrected chi connectivity index (χ1v) is 9.94. The number of carboxylic acid groups (broad SMARTS) is 1. The van der Waals surface area contributed by atoms with Gasteiger partial charge in [0.05, 0.1) is 17.1 Å². The minimum Gasteiger partial charge on any atom is -0.478 e. The summed E-state index contributed by atoms with van der Waals surface area (Å²) in [5.41, 5.74) is 1.13. The van der Waals surface area contributed by atoms with Gasteiger partial charge in [0.2, 0.25) is 5.91 Å². The van der Waals surface area contributed by atoms with Crippen molar-refractivity contribution in [1.82, 2.24) is 5.32 Å². The molecular weight excluding hydrogens is 330 g/mol. The van der Waals surface area contributed by atoms with Crippen molar-refractivity contribution in [1.29, 1.82) is 0 Å². The summed E-state index contributed by atoms with van der Waals surface area (Å²) in [6.45, 7) is 0.496. The molecule has 1 aromatic rings. The van der Waals surface area contributed by atoms with Gasteiger partial charge in [-0.25, -0.2) is 13.2 Å². The quantitative estimate of drug-likeness (QED) is 0.832. The number of carbonyl (C=O) groups is 2. The Morgan fingerprint density at radius 2 is 1.79 bits per heavy atom. The summed E-state index contributed by atoms with van der Waals surface area (Å²) in [6, 6.07) is 6.61. The smallest absolute Gasteiger partial charge is 0.335 e. The molecule has 1 unspecified atom stereocenters. The van der Waals surface area contributed by atoms with E-state index in [4.69, 9.17) is 5.11 Å². The predicted octanol–water partition coefficient (Wildman–Crippen LogP) is 1.26. The molecule has 7 heteroatoms. The number of aromatic carboxylic acids is 1. The average molecular weight is 351 g/mol. The van der Waals surface area contributed by atoms with E-state index in [9.17, 15) is 18.0 Å². The van der Waals surface area contributed by atoms with Gasteiger partial charge < -0.3 is 10.4 Å². The lowest BCUT2D eigenvalue weighted by Crippen LogP contribution is -2.32. The molecule has 2 aliphatic rings. The highest BCUT2D eigenvalue weighted by Crippen LogP contribution is 2.59. The van der Waals surface area contributed by atoms with Gasteiger partial charge >= 0.3 is 5.97 Å². The van der Waals surface area contributed by atoms with Crippen LogP contribution in [-0.4, -0.2) is 43.5 Å². The third-order valence-electron chi connectivity index (χ3n) is 5.24. The third-order valence-corrected chi connectivity index (χ3v) is 6.89. The second kappa shape index (κ2) is 6.20. The number of benzene rings is 1. The summed E-state index contributed by atoms with van der Waals surface area (Å²) < 4.78 is 23.0. The summed E-state index contributed by atoms with van der Waals surface area (Å²) in [7, 11) is -2.90. The van der Waals surface area contributed by atoms with Crippen LogP contribution < -0.4 is 5.32 Å². The highest BCUT2D eigenvalue weighted by atomic mass is 32.2. The van der Waals surface area contributed by atoms with Crippen LogP contribution in [0.5, 0.6) is 0 Å². The molecular formula is C17H21NO5S. The van der Waals surface area contributed by atoms with Gasteiger partial charge in [-0.05, 0) is 48.8 Å². The Labute approximate surface area is 141 Å². The van der Waals surface area contributed by atoms with E-state index in [2.05, 4.69) is 5.32 Å². The minimum absolute atomic E-state index is 0.0106. The number of amides is 1. The standard InChI is InChI=1S/C17H21NO5S/c19-15(14-11-17(14)6-9-24(22,23)10-7-17)18-8-5-12-1-3-13(4-2-12)16(20)21/h1-4,14H,5-11H2,(H,18,19)(H,20,21). The van der Waals surface area contributed by atoms with Crippen molar-refractivity contribution in [2.24, 2.45) is 11.3 Å². The van der Waals surface area contributed by atoms with Gasteiger partial charge in [-0.3, -0.25) is 4.79 Å². The fourth-order valence-corrected chi connectivity index (χ4v) is 5.12. The maximum absolute atomic E-state index is 12.2. The molecule has 6 nitrogen and oxygen atoms in total. The van der Waals surface area contributed by atoms with Crippen LogP contribution in [0.2, 0.25) is 0 Å². The number of rotatable bonds is 5. The SMILES string of the molecule is O=C(O)c1ccc(CCNC(=O)C2CC23CCS(=O)(=O)CC3)cc1. The van der Waals surface area contributed by atoms with E-state index in [0.717, 1.165) is 12.0 Å². The molecule has 1 amide bonds. The number of sulfone groups is 1. The second-order valence-corrected chi connectivity index (χ2v) is 9.12. The van der Waals surface area contributed by atoms with E-state index in [1.165, 1.54) is 0 Å². The molecule has 1 saturated carbocycles. The number of nitrogens with one attached hydrogen (secondary N) is 1. The molecule has 1 aliphatic carbocycles. The van der Waals surface area contributed by atoms with E-state index >= 15 is 0 Å². The van der Waals surface area contributed by atoms with Crippen molar-refractivity contribution in [2.45, 2.75) is 25.7 Å². The van der Waals surface area contributed by atoms with Gasteiger partial charge in [0.15, 0.2) is 0 Å². The average Bonchev–Trinajstić information content (AvgIpc) is 3.26. The first-order chi connectivity index (χ1) is 11.3. The van der Waals surface area contributed by atoms with Crippen molar-refractivity contribution >= 4 is 21.7 Å². The molecule has 3 rings (SSSR count). The molecule has 1 atom stereocenters. The maximum Gasteiger partial charge on any atom is 0.335 e.